The first-order chi connectivity index (χ1) is 12.1. The molecule has 1 unspecified atom stereocenters. The fourth-order valence-corrected chi connectivity index (χ4v) is 7.67. The lowest BCUT2D eigenvalue weighted by molar-refractivity contribution is -0.226. The molecule has 0 aromatic rings. The van der Waals surface area contributed by atoms with Crippen molar-refractivity contribution >= 4 is 11.8 Å². The van der Waals surface area contributed by atoms with E-state index in [1.165, 1.54) is 0 Å². The van der Waals surface area contributed by atoms with Crippen LogP contribution in [0.3, 0.4) is 0 Å². The summed E-state index contributed by atoms with van der Waals surface area (Å²) < 4.78 is 0. The zero-order valence-electron chi connectivity index (χ0n) is 15.6. The van der Waals surface area contributed by atoms with Crippen molar-refractivity contribution in [3.8, 4) is 0 Å². The summed E-state index contributed by atoms with van der Waals surface area (Å²) >= 11 is 0. The number of ketones is 1. The van der Waals surface area contributed by atoms with Gasteiger partial charge < -0.3 is 20.4 Å². The second-order valence-corrected chi connectivity index (χ2v) is 10.0. The van der Waals surface area contributed by atoms with Crippen molar-refractivity contribution in [2.24, 2.45) is 33.5 Å². The van der Waals surface area contributed by atoms with E-state index in [9.17, 15) is 30.0 Å². The Hall–Kier alpha value is -0.980. The van der Waals surface area contributed by atoms with Crippen molar-refractivity contribution in [2.45, 2.75) is 71.0 Å². The van der Waals surface area contributed by atoms with Crippen LogP contribution in [0.15, 0.2) is 0 Å². The molecule has 146 valence electrons. The van der Waals surface area contributed by atoms with E-state index in [1.54, 1.807) is 6.92 Å². The molecule has 2 bridgehead atoms. The predicted molar refractivity (Wildman–Crippen MR) is 92.1 cm³/mol. The summed E-state index contributed by atoms with van der Waals surface area (Å²) in [4.78, 5) is 24.9. The minimum Gasteiger partial charge on any atom is -0.481 e. The number of Topliss-reactive ketones (excluding diaryl/α,β-unsaturated/α-hetero) is 1. The summed E-state index contributed by atoms with van der Waals surface area (Å²) in [5, 5.41) is 41.8. The molecule has 0 aliphatic heterocycles. The number of carboxylic acid groups (broad SMARTS) is 1. The first-order valence-electron chi connectivity index (χ1n) is 9.80. The van der Waals surface area contributed by atoms with Gasteiger partial charge in [0.1, 0.15) is 5.78 Å². The second kappa shape index (κ2) is 5.30. The molecule has 0 radical (unpaired) electrons. The Balaban J connectivity index is 1.82. The summed E-state index contributed by atoms with van der Waals surface area (Å²) in [6, 6.07) is 0. The highest BCUT2D eigenvalue weighted by Gasteiger charge is 2.73. The third kappa shape index (κ3) is 1.88. The predicted octanol–water partition coefficient (Wildman–Crippen LogP) is 1.36. The zero-order chi connectivity index (χ0) is 19.1. The van der Waals surface area contributed by atoms with E-state index in [1.807, 2.05) is 0 Å². The zero-order valence-corrected chi connectivity index (χ0v) is 15.6. The van der Waals surface area contributed by atoms with Gasteiger partial charge in [-0.1, -0.05) is 13.3 Å². The lowest BCUT2D eigenvalue weighted by atomic mass is 9.39. The Bertz CT molecular complexity index is 663. The number of carbonyl (C=O) groups excluding carboxylic acids is 1. The number of fused-ring (bicyclic) bond motifs is 3. The summed E-state index contributed by atoms with van der Waals surface area (Å²) in [6.45, 7) is 3.51. The number of carbonyl (C=O) groups is 2. The van der Waals surface area contributed by atoms with Gasteiger partial charge in [0.15, 0.2) is 0 Å². The minimum atomic E-state index is -1.15. The lowest BCUT2D eigenvalue weighted by Crippen LogP contribution is -2.65. The molecule has 0 heterocycles. The van der Waals surface area contributed by atoms with Crippen molar-refractivity contribution in [1.29, 1.82) is 0 Å². The number of rotatable bonds is 2. The van der Waals surface area contributed by atoms with E-state index in [0.717, 1.165) is 12.8 Å². The molecule has 6 heteroatoms. The standard InChI is InChI=1S/C20H30O6/c1-17-4-3-5-18(2,16(25)26)11(17)6-13(22)19-8-15(24)20(9-19,10-21)14(23)7-12(17)19/h11-14,21-23H,3-10H2,1-2H3,(H,25,26)/t11-,12?,13+,14+,17+,18+,19+,20-/m0/s1. The molecule has 0 aromatic heterocycles. The molecule has 0 aromatic carbocycles. The lowest BCUT2D eigenvalue weighted by Gasteiger charge is -2.65. The third-order valence-electron chi connectivity index (χ3n) is 9.15. The molecule has 4 N–H and O–H groups in total. The van der Waals surface area contributed by atoms with E-state index in [0.29, 0.717) is 25.7 Å². The van der Waals surface area contributed by atoms with Gasteiger partial charge in [-0.05, 0) is 56.3 Å². The summed E-state index contributed by atoms with van der Waals surface area (Å²) in [5.41, 5.74) is -3.01. The van der Waals surface area contributed by atoms with Gasteiger partial charge in [-0.25, -0.2) is 0 Å². The van der Waals surface area contributed by atoms with E-state index in [4.69, 9.17) is 0 Å². The summed E-state index contributed by atoms with van der Waals surface area (Å²) in [7, 11) is 0. The number of hydrogen-bond acceptors (Lipinski definition) is 5. The molecule has 6 nitrogen and oxygen atoms in total. The van der Waals surface area contributed by atoms with Gasteiger partial charge in [-0.15, -0.1) is 0 Å². The van der Waals surface area contributed by atoms with Crippen LogP contribution < -0.4 is 0 Å². The van der Waals surface area contributed by atoms with Crippen molar-refractivity contribution in [3.63, 3.8) is 0 Å². The molecular formula is C20H30O6. The smallest absolute Gasteiger partial charge is 0.309 e. The Morgan fingerprint density at radius 3 is 2.38 bits per heavy atom. The van der Waals surface area contributed by atoms with E-state index in [-0.39, 0.29) is 36.1 Å². The third-order valence-corrected chi connectivity index (χ3v) is 9.15. The highest BCUT2D eigenvalue weighted by molar-refractivity contribution is 5.89. The van der Waals surface area contributed by atoms with E-state index in [2.05, 4.69) is 6.92 Å². The number of aliphatic carboxylic acids is 1. The SMILES string of the molecule is C[C@@]1(C(=O)O)CCC[C@@]2(C)C3C[C@@H](O)[C@@]4(CO)C[C@@]3(CC4=O)[C@H](O)C[C@H]12. The highest BCUT2D eigenvalue weighted by atomic mass is 16.4. The molecule has 4 rings (SSSR count). The van der Waals surface area contributed by atoms with Gasteiger partial charge in [0, 0.05) is 11.8 Å². The quantitative estimate of drug-likeness (QED) is 0.587. The topological polar surface area (TPSA) is 115 Å². The number of aliphatic hydroxyl groups excluding tert-OH is 3. The average Bonchev–Trinajstić information content (AvgIpc) is 2.84. The van der Waals surface area contributed by atoms with Crippen molar-refractivity contribution in [1.82, 2.24) is 0 Å². The van der Waals surface area contributed by atoms with Gasteiger partial charge >= 0.3 is 5.97 Å². The van der Waals surface area contributed by atoms with E-state index >= 15 is 0 Å². The molecule has 26 heavy (non-hydrogen) atoms. The minimum absolute atomic E-state index is 0.108. The van der Waals surface area contributed by atoms with Crippen molar-refractivity contribution in [3.05, 3.63) is 0 Å². The van der Waals surface area contributed by atoms with Crippen molar-refractivity contribution in [2.75, 3.05) is 6.61 Å². The van der Waals surface area contributed by atoms with Crippen LogP contribution in [-0.4, -0.2) is 51.0 Å². The number of aliphatic hydroxyl groups is 3. The van der Waals surface area contributed by atoms with Crippen LogP contribution in [-0.2, 0) is 9.59 Å². The van der Waals surface area contributed by atoms with Crippen LogP contribution >= 0.6 is 0 Å². The maximum atomic E-state index is 12.8. The largest absolute Gasteiger partial charge is 0.481 e. The molecule has 8 atom stereocenters. The van der Waals surface area contributed by atoms with Crippen LogP contribution in [0, 0.1) is 33.5 Å². The molecule has 4 aliphatic rings. The number of carboxylic acids is 1. The fourth-order valence-electron chi connectivity index (χ4n) is 7.67. The molecule has 0 saturated heterocycles. The molecule has 1 spiro atoms. The van der Waals surface area contributed by atoms with Gasteiger partial charge in [0.2, 0.25) is 0 Å². The summed E-state index contributed by atoms with van der Waals surface area (Å²) in [5.74, 6) is -1.26. The Morgan fingerprint density at radius 2 is 1.77 bits per heavy atom. The van der Waals surface area contributed by atoms with Crippen LogP contribution in [0.4, 0.5) is 0 Å². The first kappa shape index (κ1) is 18.4. The highest BCUT2D eigenvalue weighted by Crippen LogP contribution is 2.72. The Kier molecular flexibility index (Phi) is 3.75. The normalized spacial score (nSPS) is 56.0. The van der Waals surface area contributed by atoms with Gasteiger partial charge in [-0.3, -0.25) is 9.59 Å². The van der Waals surface area contributed by atoms with Crippen LogP contribution in [0.25, 0.3) is 0 Å². The van der Waals surface area contributed by atoms with Crippen molar-refractivity contribution < 1.29 is 30.0 Å². The maximum absolute atomic E-state index is 12.8. The molecule has 4 saturated carbocycles. The van der Waals surface area contributed by atoms with Gasteiger partial charge in [-0.2, -0.15) is 0 Å². The Labute approximate surface area is 153 Å². The van der Waals surface area contributed by atoms with Gasteiger partial charge in [0.05, 0.1) is 29.6 Å². The molecule has 4 fully saturated rings. The number of hydrogen-bond donors (Lipinski definition) is 4. The van der Waals surface area contributed by atoms with E-state index < -0.39 is 34.4 Å². The van der Waals surface area contributed by atoms with Crippen LogP contribution in [0.1, 0.15) is 58.8 Å². The fraction of sp³-hybridized carbons (Fsp3) is 0.900. The Morgan fingerprint density at radius 1 is 1.12 bits per heavy atom. The average molecular weight is 366 g/mol. The summed E-state index contributed by atoms with van der Waals surface area (Å²) in [6.07, 6.45) is 1.77. The molecular weight excluding hydrogens is 336 g/mol. The second-order valence-electron chi connectivity index (χ2n) is 10.0. The molecule has 0 amide bonds. The monoisotopic (exact) mass is 366 g/mol. The first-order valence-corrected chi connectivity index (χ1v) is 9.80. The molecule has 4 aliphatic carbocycles. The van der Waals surface area contributed by atoms with Crippen LogP contribution in [0.2, 0.25) is 0 Å². The van der Waals surface area contributed by atoms with Gasteiger partial charge in [0.25, 0.3) is 0 Å². The maximum Gasteiger partial charge on any atom is 0.309 e. The van der Waals surface area contributed by atoms with Crippen LogP contribution in [0.5, 0.6) is 0 Å².